The van der Waals surface area contributed by atoms with Crippen molar-refractivity contribution in [3.05, 3.63) is 553 Å². The van der Waals surface area contributed by atoms with E-state index in [1.807, 2.05) is 11.3 Å². The second-order valence-corrected chi connectivity index (χ2v) is 43.2. The molecule has 5 heterocycles. The Hall–Kier alpha value is -18.3. The van der Waals surface area contributed by atoms with Crippen LogP contribution < -0.4 is 0 Å². The first-order valence-electron chi connectivity index (χ1n) is 52.4. The van der Waals surface area contributed by atoms with Crippen LogP contribution in [0.15, 0.2) is 497 Å². The van der Waals surface area contributed by atoms with E-state index in [1.165, 1.54) is 295 Å². The molecule has 0 N–H and O–H groups in total. The van der Waals surface area contributed by atoms with Crippen molar-refractivity contribution >= 4 is 162 Å². The minimum atomic E-state index is -0.409. The number of fused-ring (bicyclic) bond motifs is 35. The molecule has 0 saturated carbocycles. The molecule has 706 valence electrons. The van der Waals surface area contributed by atoms with E-state index >= 15 is 0 Å². The monoisotopic (exact) mass is 1930 g/mol. The highest BCUT2D eigenvalue weighted by atomic mass is 32.1. The molecule has 29 aromatic rings. The van der Waals surface area contributed by atoms with Crippen molar-refractivity contribution in [1.29, 1.82) is 0 Å². The van der Waals surface area contributed by atoms with Gasteiger partial charge in [0.15, 0.2) is 0 Å². The van der Waals surface area contributed by atoms with Crippen molar-refractivity contribution in [3.63, 3.8) is 0 Å². The fourth-order valence-corrected chi connectivity index (χ4v) is 28.4. The summed E-state index contributed by atoms with van der Waals surface area (Å²) >= 11 is 1.88. The zero-order valence-corrected chi connectivity index (χ0v) is 84.9. The van der Waals surface area contributed by atoms with Gasteiger partial charge in [-0.3, -0.25) is 0 Å². The second-order valence-electron chi connectivity index (χ2n) is 42.1. The van der Waals surface area contributed by atoms with Crippen LogP contribution in [0.3, 0.4) is 0 Å². The Morgan fingerprint density at radius 3 is 0.880 bits per heavy atom. The predicted octanol–water partition coefficient (Wildman–Crippen LogP) is 38.0. The Labute approximate surface area is 873 Å². The number of aryl methyl sites for hydroxylation is 4. The molecule has 5 aromatic heterocycles. The largest absolute Gasteiger partial charge is 0.344 e. The van der Waals surface area contributed by atoms with Crippen LogP contribution >= 0.6 is 11.3 Å². The van der Waals surface area contributed by atoms with E-state index in [4.69, 9.17) is 0 Å². The summed E-state index contributed by atoms with van der Waals surface area (Å²) in [5, 5.41) is 23.5. The lowest BCUT2D eigenvalue weighted by molar-refractivity contribution is 0.660. The van der Waals surface area contributed by atoms with Crippen LogP contribution in [-0.2, 0) is 44.4 Å². The summed E-state index contributed by atoms with van der Waals surface area (Å²) in [4.78, 5) is 0. The Bertz CT molecular complexity index is 10400. The standard InChI is InChI=1S/C42H27N.C42H29N.C32H25N.C29H19NS/c1-43-39-20-10-16-29(41(39)34-23-26-11-2-3-12-27(26)25-40(34)43)28-21-22-33-32-15-6-9-19-37(32)42(38(33)24-28)35-17-7-4-13-30(35)31-14-5-8-18-36(31)42;1-43-39-22-12-20-33(41(39)36-25-28-13-8-9-14-29(28)27-40(36)43)30-23-24-35-34-19-10-11-21-37(34)42(38(35)26-30,31-15-4-2-5-16-31)32-17-6-3-7-18-32;1-32(2)27-13-7-6-11-24(27)25-16-15-22(18-28(25)32)23-12-8-14-29-31(23)26-17-20-9-4-5-10-21(20)19-30(26)33(29)3;1-30-26-13-11-20(15-24(26)25-14-18-6-2-3-7-19(18)16-27(25)30)21-10-12-23-22-8-4-5-9-28(22)31-29(23)17-21/h2-25H,1H3;2-27H,1H3;4-19H,1-3H3;2-17H,1H3. The average molecular weight is 1930 g/mol. The molecule has 4 aliphatic carbocycles. The van der Waals surface area contributed by atoms with Crippen LogP contribution in [0, 0.1) is 0 Å². The highest BCUT2D eigenvalue weighted by Gasteiger charge is 2.52. The smallest absolute Gasteiger partial charge is 0.0725 e. The summed E-state index contributed by atoms with van der Waals surface area (Å²) in [5.41, 5.74) is 44.0. The molecule has 0 aliphatic heterocycles. The molecular formula is C145H100N4S. The fraction of sp³-hybridized carbons (Fsp3) is 0.0621. The molecule has 33 rings (SSSR count). The van der Waals surface area contributed by atoms with E-state index in [-0.39, 0.29) is 10.8 Å². The third-order valence-corrected chi connectivity index (χ3v) is 35.4. The van der Waals surface area contributed by atoms with Gasteiger partial charge in [0.25, 0.3) is 0 Å². The first-order chi connectivity index (χ1) is 73.8. The van der Waals surface area contributed by atoms with Gasteiger partial charge in [0.1, 0.15) is 0 Å². The van der Waals surface area contributed by atoms with Gasteiger partial charge in [-0.25, -0.2) is 0 Å². The third kappa shape index (κ3) is 12.7. The van der Waals surface area contributed by atoms with Crippen LogP contribution in [0.1, 0.15) is 69.5 Å². The summed E-state index contributed by atoms with van der Waals surface area (Å²) in [6.07, 6.45) is 0. The molecule has 0 amide bonds. The molecule has 4 aliphatic rings. The first-order valence-corrected chi connectivity index (χ1v) is 53.2. The number of aromatic nitrogens is 4. The van der Waals surface area contributed by atoms with Gasteiger partial charge in [0, 0.05) is 141 Å². The normalized spacial score (nSPS) is 13.4. The van der Waals surface area contributed by atoms with Gasteiger partial charge >= 0.3 is 0 Å². The minimum absolute atomic E-state index is 0.00475. The minimum Gasteiger partial charge on any atom is -0.344 e. The number of nitrogens with zero attached hydrogens (tertiary/aromatic N) is 4. The van der Waals surface area contributed by atoms with Gasteiger partial charge in [0.05, 0.1) is 10.8 Å². The van der Waals surface area contributed by atoms with E-state index < -0.39 is 5.41 Å². The lowest BCUT2D eigenvalue weighted by Gasteiger charge is -2.34. The van der Waals surface area contributed by atoms with E-state index in [1.54, 1.807) is 0 Å². The molecule has 0 saturated heterocycles. The van der Waals surface area contributed by atoms with Crippen LogP contribution in [0.2, 0.25) is 0 Å². The topological polar surface area (TPSA) is 19.7 Å². The highest BCUT2D eigenvalue weighted by Crippen LogP contribution is 2.65. The number of hydrogen-bond acceptors (Lipinski definition) is 1. The predicted molar refractivity (Wildman–Crippen MR) is 638 cm³/mol. The van der Waals surface area contributed by atoms with E-state index in [0.717, 1.165) is 0 Å². The van der Waals surface area contributed by atoms with Crippen molar-refractivity contribution in [2.45, 2.75) is 30.1 Å². The quantitative estimate of drug-likeness (QED) is 0.158. The molecule has 0 unspecified atom stereocenters. The Morgan fingerprint density at radius 1 is 0.160 bits per heavy atom. The molecule has 1 spiro atoms. The summed E-state index contributed by atoms with van der Waals surface area (Å²) in [6, 6.07) is 185. The average Bonchev–Trinajstić information content (AvgIpc) is 1.50. The van der Waals surface area contributed by atoms with Crippen LogP contribution in [0.4, 0.5) is 0 Å². The van der Waals surface area contributed by atoms with Crippen LogP contribution in [-0.4, -0.2) is 18.3 Å². The first kappa shape index (κ1) is 87.2. The van der Waals surface area contributed by atoms with Gasteiger partial charge in [0.2, 0.25) is 0 Å². The van der Waals surface area contributed by atoms with Crippen molar-refractivity contribution < 1.29 is 0 Å². The van der Waals surface area contributed by atoms with E-state index in [2.05, 4.69) is 558 Å². The molecule has 24 aromatic carbocycles. The zero-order valence-electron chi connectivity index (χ0n) is 84.0. The highest BCUT2D eigenvalue weighted by molar-refractivity contribution is 7.25. The number of hydrogen-bond donors (Lipinski definition) is 0. The van der Waals surface area contributed by atoms with Crippen molar-refractivity contribution in [3.8, 4) is 89.0 Å². The van der Waals surface area contributed by atoms with Gasteiger partial charge in [-0.1, -0.05) is 402 Å². The summed E-state index contributed by atoms with van der Waals surface area (Å²) < 4.78 is 12.1. The van der Waals surface area contributed by atoms with Gasteiger partial charge in [-0.15, -0.1) is 11.3 Å². The molecule has 5 heteroatoms. The molecular weight excluding hydrogens is 1830 g/mol. The van der Waals surface area contributed by atoms with E-state index in [9.17, 15) is 0 Å². The lowest BCUT2D eigenvalue weighted by Crippen LogP contribution is -2.28. The Kier molecular flexibility index (Phi) is 19.4. The number of benzene rings is 24. The SMILES string of the molecule is Cn1c2cc3ccccc3cc2c2c(-c3ccc4c(c3)C(C)(C)c3ccccc3-4)cccc21.Cn1c2cc3ccccc3cc2c2c(-c3ccc4c(c3)C(c3ccccc3)(c3ccccc3)c3ccccc3-4)cccc21.Cn1c2cc3ccccc3cc2c2c(-c3ccc4c(c3)C3(c5ccccc5-c5ccccc53)c3ccccc3-4)cccc21.Cn1c2ccc(-c3ccc4c(c3)sc3ccccc34)cc2c2cc3ccccc3cc21. The zero-order chi connectivity index (χ0) is 99.7. The third-order valence-electron chi connectivity index (χ3n) is 34.3. The maximum absolute atomic E-state index is 2.50. The van der Waals surface area contributed by atoms with Crippen LogP contribution in [0.5, 0.6) is 0 Å². The maximum atomic E-state index is 2.50. The lowest BCUT2D eigenvalue weighted by atomic mass is 9.67. The van der Waals surface area contributed by atoms with Gasteiger partial charge in [-0.2, -0.15) is 0 Å². The number of rotatable bonds is 6. The maximum Gasteiger partial charge on any atom is 0.0725 e. The second kappa shape index (κ2) is 33.4. The molecule has 4 nitrogen and oxygen atoms in total. The van der Waals surface area contributed by atoms with Gasteiger partial charge < -0.3 is 18.3 Å². The molecule has 0 radical (unpaired) electrons. The molecule has 0 bridgehead atoms. The molecule has 0 atom stereocenters. The molecule has 0 fully saturated rings. The molecule has 150 heavy (non-hydrogen) atoms. The Morgan fingerprint density at radius 2 is 0.447 bits per heavy atom. The fourth-order valence-electron chi connectivity index (χ4n) is 27.3. The Balaban J connectivity index is 0.0000000928. The van der Waals surface area contributed by atoms with Crippen molar-refractivity contribution in [2.75, 3.05) is 0 Å². The number of thiophene rings is 1. The van der Waals surface area contributed by atoms with Crippen LogP contribution in [0.25, 0.3) is 240 Å². The van der Waals surface area contributed by atoms with E-state index in [0.29, 0.717) is 0 Å². The van der Waals surface area contributed by atoms with Crippen molar-refractivity contribution in [2.24, 2.45) is 28.2 Å². The summed E-state index contributed by atoms with van der Waals surface area (Å²) in [7, 11) is 8.75. The summed E-state index contributed by atoms with van der Waals surface area (Å²) in [5.74, 6) is 0. The van der Waals surface area contributed by atoms with Crippen molar-refractivity contribution in [1.82, 2.24) is 18.3 Å². The summed E-state index contributed by atoms with van der Waals surface area (Å²) in [6.45, 7) is 4.71. The van der Waals surface area contributed by atoms with Gasteiger partial charge in [-0.05, 0) is 297 Å².